The van der Waals surface area contributed by atoms with Gasteiger partial charge in [-0.3, -0.25) is 4.99 Å². The van der Waals surface area contributed by atoms with Gasteiger partial charge in [0.1, 0.15) is 0 Å². The fraction of sp³-hybridized carbons (Fsp3) is 0.200. The molecule has 0 aliphatic heterocycles. The van der Waals surface area contributed by atoms with Crippen molar-refractivity contribution in [1.29, 1.82) is 5.26 Å². The van der Waals surface area contributed by atoms with Crippen LogP contribution in [-0.2, 0) is 0 Å². The Bertz CT molecular complexity index is 777. The van der Waals surface area contributed by atoms with E-state index >= 15 is 0 Å². The van der Waals surface area contributed by atoms with Gasteiger partial charge in [-0.2, -0.15) is 5.26 Å². The third-order valence-electron chi connectivity index (χ3n) is 3.50. The van der Waals surface area contributed by atoms with Crippen LogP contribution in [0, 0.1) is 11.3 Å². The van der Waals surface area contributed by atoms with Gasteiger partial charge in [-0.15, -0.1) is 6.58 Å². The highest BCUT2D eigenvalue weighted by atomic mass is 14.9. The van der Waals surface area contributed by atoms with E-state index in [4.69, 9.17) is 11.0 Å². The van der Waals surface area contributed by atoms with Gasteiger partial charge in [0.25, 0.3) is 0 Å². The van der Waals surface area contributed by atoms with Crippen LogP contribution in [0.3, 0.4) is 0 Å². The molecule has 0 fully saturated rings. The molecular formula is C20H21N3. The maximum atomic E-state index is 9.06. The summed E-state index contributed by atoms with van der Waals surface area (Å²) in [4.78, 5) is 4.54. The third kappa shape index (κ3) is 4.55. The number of rotatable bonds is 5. The molecule has 0 spiro atoms. The summed E-state index contributed by atoms with van der Waals surface area (Å²) in [6.07, 6.45) is 0.760. The average Bonchev–Trinajstić information content (AvgIpc) is 2.53. The van der Waals surface area contributed by atoms with Crippen LogP contribution in [0.5, 0.6) is 0 Å². The Hall–Kier alpha value is -2.86. The Morgan fingerprint density at radius 3 is 2.43 bits per heavy atom. The van der Waals surface area contributed by atoms with Gasteiger partial charge >= 0.3 is 0 Å². The first-order chi connectivity index (χ1) is 11.0. The first kappa shape index (κ1) is 16.5. The maximum absolute atomic E-state index is 9.06. The minimum atomic E-state index is -0.0309. The molecule has 2 aromatic carbocycles. The van der Waals surface area contributed by atoms with Crippen LogP contribution < -0.4 is 5.73 Å². The maximum Gasteiger partial charge on any atom is 0.0991 e. The van der Waals surface area contributed by atoms with Crippen molar-refractivity contribution in [2.45, 2.75) is 26.3 Å². The smallest absolute Gasteiger partial charge is 0.0991 e. The summed E-state index contributed by atoms with van der Waals surface area (Å²) in [6.45, 7) is 7.78. The van der Waals surface area contributed by atoms with Crippen molar-refractivity contribution in [2.24, 2.45) is 10.7 Å². The highest BCUT2D eigenvalue weighted by molar-refractivity contribution is 5.77. The molecule has 0 aliphatic carbocycles. The SMILES string of the molecule is C=C(C)CC(N=C(C)N)c1cccc(-c2cccc(C#N)c2)c1. The molecule has 0 aromatic heterocycles. The zero-order valence-electron chi connectivity index (χ0n) is 13.6. The predicted molar refractivity (Wildman–Crippen MR) is 96.1 cm³/mol. The molecule has 3 nitrogen and oxygen atoms in total. The fourth-order valence-corrected chi connectivity index (χ4v) is 2.51. The molecule has 2 N–H and O–H groups in total. The lowest BCUT2D eigenvalue weighted by molar-refractivity contribution is 0.718. The fourth-order valence-electron chi connectivity index (χ4n) is 2.51. The molecule has 0 radical (unpaired) electrons. The molecule has 1 unspecified atom stereocenters. The quantitative estimate of drug-likeness (QED) is 0.498. The summed E-state index contributed by atoms with van der Waals surface area (Å²) in [5.74, 6) is 0.563. The summed E-state index contributed by atoms with van der Waals surface area (Å²) >= 11 is 0. The largest absolute Gasteiger partial charge is 0.388 e. The van der Waals surface area contributed by atoms with Crippen molar-refractivity contribution in [2.75, 3.05) is 0 Å². The van der Waals surface area contributed by atoms with E-state index in [9.17, 15) is 0 Å². The van der Waals surface area contributed by atoms with Gasteiger partial charge in [-0.05, 0) is 55.2 Å². The lowest BCUT2D eigenvalue weighted by Crippen LogP contribution is -2.09. The number of benzene rings is 2. The van der Waals surface area contributed by atoms with Crippen molar-refractivity contribution in [3.05, 3.63) is 71.8 Å². The summed E-state index contributed by atoms with van der Waals surface area (Å²) in [5, 5.41) is 9.06. The second-order valence-corrected chi connectivity index (χ2v) is 5.77. The lowest BCUT2D eigenvalue weighted by atomic mass is 9.96. The zero-order valence-corrected chi connectivity index (χ0v) is 13.6. The Morgan fingerprint density at radius 1 is 1.17 bits per heavy atom. The van der Waals surface area contributed by atoms with Gasteiger partial charge in [-0.1, -0.05) is 35.9 Å². The van der Waals surface area contributed by atoms with Gasteiger partial charge in [-0.25, -0.2) is 0 Å². The van der Waals surface area contributed by atoms with Crippen molar-refractivity contribution in [3.8, 4) is 17.2 Å². The van der Waals surface area contributed by atoms with Crippen LogP contribution in [0.2, 0.25) is 0 Å². The van der Waals surface area contributed by atoms with Crippen molar-refractivity contribution >= 4 is 5.84 Å². The van der Waals surface area contributed by atoms with Crippen LogP contribution in [0.1, 0.15) is 37.4 Å². The van der Waals surface area contributed by atoms with Crippen LogP contribution in [-0.4, -0.2) is 5.84 Å². The first-order valence-corrected chi connectivity index (χ1v) is 7.54. The molecule has 0 amide bonds. The Labute approximate surface area is 137 Å². The molecule has 0 heterocycles. The van der Waals surface area contributed by atoms with E-state index < -0.39 is 0 Å². The minimum absolute atomic E-state index is 0.0309. The molecular weight excluding hydrogens is 282 g/mol. The summed E-state index contributed by atoms with van der Waals surface area (Å²) in [5.41, 5.74) is 10.7. The van der Waals surface area contributed by atoms with Crippen molar-refractivity contribution in [1.82, 2.24) is 0 Å². The number of hydrogen-bond acceptors (Lipinski definition) is 2. The zero-order chi connectivity index (χ0) is 16.8. The monoisotopic (exact) mass is 303 g/mol. The molecule has 0 aliphatic rings. The highest BCUT2D eigenvalue weighted by Gasteiger charge is 2.12. The van der Waals surface area contributed by atoms with E-state index in [1.807, 2.05) is 37.3 Å². The van der Waals surface area contributed by atoms with Crippen molar-refractivity contribution < 1.29 is 0 Å². The van der Waals surface area contributed by atoms with Gasteiger partial charge in [0.15, 0.2) is 0 Å². The summed E-state index contributed by atoms with van der Waals surface area (Å²) in [6, 6.07) is 18.0. The number of nitrogens with two attached hydrogens (primary N) is 1. The van der Waals surface area contributed by atoms with Gasteiger partial charge in [0, 0.05) is 0 Å². The Balaban J connectivity index is 2.43. The van der Waals surface area contributed by atoms with E-state index in [1.54, 1.807) is 13.0 Å². The number of amidine groups is 1. The van der Waals surface area contributed by atoms with E-state index in [0.717, 1.165) is 28.7 Å². The molecule has 2 aromatic rings. The molecule has 23 heavy (non-hydrogen) atoms. The number of hydrogen-bond donors (Lipinski definition) is 1. The second kappa shape index (κ2) is 7.42. The average molecular weight is 303 g/mol. The first-order valence-electron chi connectivity index (χ1n) is 7.54. The lowest BCUT2D eigenvalue weighted by Gasteiger charge is -2.15. The molecule has 116 valence electrons. The molecule has 0 saturated carbocycles. The van der Waals surface area contributed by atoms with Gasteiger partial charge < -0.3 is 5.73 Å². The number of nitriles is 1. The van der Waals surface area contributed by atoms with E-state index in [1.165, 1.54) is 0 Å². The number of nitrogens with zero attached hydrogens (tertiary/aromatic N) is 2. The van der Waals surface area contributed by atoms with Crippen LogP contribution in [0.15, 0.2) is 65.7 Å². The third-order valence-corrected chi connectivity index (χ3v) is 3.50. The minimum Gasteiger partial charge on any atom is -0.388 e. The predicted octanol–water partition coefficient (Wildman–Crippen LogP) is 4.61. The molecule has 2 rings (SSSR count). The second-order valence-electron chi connectivity index (χ2n) is 5.77. The summed E-state index contributed by atoms with van der Waals surface area (Å²) < 4.78 is 0. The normalized spacial score (nSPS) is 12.5. The van der Waals surface area contributed by atoms with Gasteiger partial charge in [0.05, 0.1) is 23.5 Å². The van der Waals surface area contributed by atoms with Gasteiger partial charge in [0.2, 0.25) is 0 Å². The van der Waals surface area contributed by atoms with Crippen molar-refractivity contribution in [3.63, 3.8) is 0 Å². The topological polar surface area (TPSA) is 62.2 Å². The highest BCUT2D eigenvalue weighted by Crippen LogP contribution is 2.29. The standard InChI is InChI=1S/C20H21N3/c1-14(2)10-20(23-15(3)22)19-9-5-8-18(12-19)17-7-4-6-16(11-17)13-21/h4-9,11-12,20H,1,10H2,2-3H3,(H2,22,23). The molecule has 0 saturated heterocycles. The molecule has 0 bridgehead atoms. The summed E-state index contributed by atoms with van der Waals surface area (Å²) in [7, 11) is 0. The van der Waals surface area contributed by atoms with Crippen LogP contribution in [0.25, 0.3) is 11.1 Å². The molecule has 3 heteroatoms. The Morgan fingerprint density at radius 2 is 1.83 bits per heavy atom. The number of aliphatic imine (C=N–C) groups is 1. The Kier molecular flexibility index (Phi) is 5.32. The van der Waals surface area contributed by atoms with E-state index in [-0.39, 0.29) is 6.04 Å². The van der Waals surface area contributed by atoms with E-state index in [2.05, 4.69) is 29.8 Å². The van der Waals surface area contributed by atoms with Crippen LogP contribution >= 0.6 is 0 Å². The molecule has 1 atom stereocenters. The van der Waals surface area contributed by atoms with E-state index in [0.29, 0.717) is 11.4 Å². The van der Waals surface area contributed by atoms with Crippen LogP contribution in [0.4, 0.5) is 0 Å².